The molecular weight excluding hydrogens is 352 g/mol. The number of nitrogen functional groups attached to an aromatic ring is 1. The Bertz CT molecular complexity index is 956. The largest absolute Gasteiger partial charge is 0.384 e. The molecule has 0 fully saturated rings. The van der Waals surface area contributed by atoms with Crippen LogP contribution in [-0.2, 0) is 0 Å². The number of nitrogens with two attached hydrogens (primary N) is 1. The summed E-state index contributed by atoms with van der Waals surface area (Å²) < 4.78 is 1.66. The van der Waals surface area contributed by atoms with Gasteiger partial charge in [-0.15, -0.1) is 0 Å². The van der Waals surface area contributed by atoms with E-state index in [4.69, 9.17) is 11.0 Å². The van der Waals surface area contributed by atoms with E-state index in [1.165, 1.54) is 6.07 Å². The third kappa shape index (κ3) is 1.91. The molecule has 0 radical (unpaired) electrons. The molecule has 8 heteroatoms. The molecule has 0 aliphatic carbocycles. The van der Waals surface area contributed by atoms with E-state index in [1.807, 2.05) is 6.07 Å². The molecule has 0 spiro atoms. The van der Waals surface area contributed by atoms with E-state index >= 15 is 0 Å². The van der Waals surface area contributed by atoms with Gasteiger partial charge in [-0.05, 0) is 34.1 Å². The molecule has 0 atom stereocenters. The van der Waals surface area contributed by atoms with Crippen LogP contribution in [0.15, 0.2) is 33.5 Å². The van der Waals surface area contributed by atoms with Crippen LogP contribution >= 0.6 is 15.9 Å². The highest BCUT2D eigenvalue weighted by Gasteiger charge is 2.31. The SMILES string of the molecule is N#Cc1cc(-n2c(N)c3c(cc2=O)C(=O)NC3=O)ccc1Br. The van der Waals surface area contributed by atoms with Crippen molar-refractivity contribution in [3.8, 4) is 11.8 Å². The number of hydrogen-bond donors (Lipinski definition) is 2. The standard InChI is InChI=1S/C14H7BrN4O3/c15-9-2-1-7(3-6(9)5-16)19-10(20)4-8-11(12(19)17)14(22)18-13(8)21/h1-4H,17H2,(H,18,21,22). The fourth-order valence-electron chi connectivity index (χ4n) is 2.28. The Morgan fingerprint density at radius 2 is 1.91 bits per heavy atom. The van der Waals surface area contributed by atoms with E-state index in [2.05, 4.69) is 21.2 Å². The second-order valence-corrected chi connectivity index (χ2v) is 5.41. The first-order valence-corrected chi connectivity index (χ1v) is 6.84. The number of fused-ring (bicyclic) bond motifs is 1. The molecule has 1 aromatic heterocycles. The molecule has 0 saturated heterocycles. The molecule has 2 amide bonds. The monoisotopic (exact) mass is 358 g/mol. The highest BCUT2D eigenvalue weighted by atomic mass is 79.9. The molecule has 22 heavy (non-hydrogen) atoms. The van der Waals surface area contributed by atoms with E-state index in [9.17, 15) is 14.4 Å². The highest BCUT2D eigenvalue weighted by Crippen LogP contribution is 2.25. The second-order valence-electron chi connectivity index (χ2n) is 4.55. The number of benzene rings is 1. The first kappa shape index (κ1) is 14.0. The Balaban J connectivity index is 2.33. The van der Waals surface area contributed by atoms with Crippen LogP contribution < -0.4 is 16.6 Å². The number of aromatic nitrogens is 1. The van der Waals surface area contributed by atoms with Crippen LogP contribution in [0.1, 0.15) is 26.3 Å². The van der Waals surface area contributed by atoms with Crippen molar-refractivity contribution in [1.82, 2.24) is 9.88 Å². The van der Waals surface area contributed by atoms with Crippen LogP contribution in [0.4, 0.5) is 5.82 Å². The van der Waals surface area contributed by atoms with Gasteiger partial charge >= 0.3 is 0 Å². The number of pyridine rings is 1. The van der Waals surface area contributed by atoms with Crippen LogP contribution in [0.5, 0.6) is 0 Å². The minimum Gasteiger partial charge on any atom is -0.384 e. The quantitative estimate of drug-likeness (QED) is 0.735. The summed E-state index contributed by atoms with van der Waals surface area (Å²) in [5.41, 5.74) is 5.91. The van der Waals surface area contributed by atoms with Crippen LogP contribution in [0, 0.1) is 11.3 Å². The Labute approximate surface area is 132 Å². The predicted molar refractivity (Wildman–Crippen MR) is 80.7 cm³/mol. The van der Waals surface area contributed by atoms with Crippen molar-refractivity contribution in [1.29, 1.82) is 5.26 Å². The van der Waals surface area contributed by atoms with Gasteiger partial charge in [0.25, 0.3) is 17.4 Å². The van der Waals surface area contributed by atoms with Gasteiger partial charge < -0.3 is 5.73 Å². The lowest BCUT2D eigenvalue weighted by Gasteiger charge is -2.12. The summed E-state index contributed by atoms with van der Waals surface area (Å²) in [6, 6.07) is 7.66. The summed E-state index contributed by atoms with van der Waals surface area (Å²) in [6.45, 7) is 0. The molecule has 1 aliphatic rings. The lowest BCUT2D eigenvalue weighted by atomic mass is 10.1. The van der Waals surface area contributed by atoms with Gasteiger partial charge in [-0.1, -0.05) is 0 Å². The first-order chi connectivity index (χ1) is 10.4. The Kier molecular flexibility index (Phi) is 3.08. The normalized spacial score (nSPS) is 12.7. The van der Waals surface area contributed by atoms with Crippen LogP contribution in [0.3, 0.4) is 0 Å². The average molecular weight is 359 g/mol. The number of hydrogen-bond acceptors (Lipinski definition) is 5. The van der Waals surface area contributed by atoms with Crippen molar-refractivity contribution in [2.75, 3.05) is 5.73 Å². The fraction of sp³-hybridized carbons (Fsp3) is 0. The maximum absolute atomic E-state index is 12.2. The minimum absolute atomic E-state index is 0.0361. The van der Waals surface area contributed by atoms with Crippen molar-refractivity contribution in [2.45, 2.75) is 0 Å². The third-order valence-electron chi connectivity index (χ3n) is 3.28. The summed E-state index contributed by atoms with van der Waals surface area (Å²) in [6.07, 6.45) is 0. The third-order valence-corrected chi connectivity index (χ3v) is 3.97. The average Bonchev–Trinajstić information content (AvgIpc) is 2.75. The van der Waals surface area contributed by atoms with Crippen molar-refractivity contribution in [2.24, 2.45) is 0 Å². The predicted octanol–water partition coefficient (Wildman–Crippen LogP) is 0.937. The molecule has 2 heterocycles. The summed E-state index contributed by atoms with van der Waals surface area (Å²) >= 11 is 3.22. The van der Waals surface area contributed by atoms with Crippen molar-refractivity contribution < 1.29 is 9.59 Å². The van der Waals surface area contributed by atoms with E-state index in [1.54, 1.807) is 12.1 Å². The summed E-state index contributed by atoms with van der Waals surface area (Å²) in [5.74, 6) is -1.44. The first-order valence-electron chi connectivity index (χ1n) is 6.05. The van der Waals surface area contributed by atoms with Crippen molar-refractivity contribution in [3.63, 3.8) is 0 Å². The van der Waals surface area contributed by atoms with E-state index in [-0.39, 0.29) is 16.9 Å². The molecule has 108 valence electrons. The zero-order valence-corrected chi connectivity index (χ0v) is 12.5. The van der Waals surface area contributed by atoms with Gasteiger partial charge in [0, 0.05) is 10.5 Å². The van der Waals surface area contributed by atoms with Gasteiger partial charge in [0.05, 0.1) is 22.4 Å². The summed E-state index contributed by atoms with van der Waals surface area (Å²) in [4.78, 5) is 35.6. The number of rotatable bonds is 1. The van der Waals surface area contributed by atoms with Crippen molar-refractivity contribution >= 4 is 33.6 Å². The maximum Gasteiger partial charge on any atom is 0.262 e. The lowest BCUT2D eigenvalue weighted by molar-refractivity contribution is 0.0880. The molecule has 0 unspecified atom stereocenters. The highest BCUT2D eigenvalue weighted by molar-refractivity contribution is 9.10. The van der Waals surface area contributed by atoms with E-state index < -0.39 is 17.4 Å². The van der Waals surface area contributed by atoms with E-state index in [0.717, 1.165) is 10.6 Å². The van der Waals surface area contributed by atoms with Gasteiger partial charge in [0.2, 0.25) is 0 Å². The molecule has 2 aromatic rings. The topological polar surface area (TPSA) is 118 Å². The molecule has 3 N–H and O–H groups in total. The number of nitrogens with zero attached hydrogens (tertiary/aromatic N) is 2. The van der Waals surface area contributed by atoms with Crippen LogP contribution in [0.2, 0.25) is 0 Å². The number of anilines is 1. The zero-order valence-electron chi connectivity index (χ0n) is 10.9. The van der Waals surface area contributed by atoms with Gasteiger partial charge in [-0.3, -0.25) is 24.3 Å². The molecule has 0 saturated carbocycles. The van der Waals surface area contributed by atoms with Crippen molar-refractivity contribution in [3.05, 3.63) is 55.8 Å². The van der Waals surface area contributed by atoms with Crippen LogP contribution in [-0.4, -0.2) is 16.4 Å². The zero-order chi connectivity index (χ0) is 16.0. The Morgan fingerprint density at radius 3 is 2.59 bits per heavy atom. The number of carbonyl (C=O) groups is 2. The van der Waals surface area contributed by atoms with Gasteiger partial charge in [-0.2, -0.15) is 5.26 Å². The number of imide groups is 1. The summed E-state index contributed by atoms with van der Waals surface area (Å²) in [5, 5.41) is 11.1. The molecule has 3 rings (SSSR count). The van der Waals surface area contributed by atoms with Gasteiger partial charge in [0.1, 0.15) is 11.9 Å². The Hall–Kier alpha value is -2.92. The van der Waals surface area contributed by atoms with Gasteiger partial charge in [-0.25, -0.2) is 0 Å². The summed E-state index contributed by atoms with van der Waals surface area (Å²) in [7, 11) is 0. The number of amides is 2. The number of nitrogens with one attached hydrogen (secondary N) is 1. The fourth-order valence-corrected chi connectivity index (χ4v) is 2.62. The number of halogens is 1. The molecule has 0 bridgehead atoms. The maximum atomic E-state index is 12.2. The number of carbonyl (C=O) groups excluding carboxylic acids is 2. The molecule has 7 nitrogen and oxygen atoms in total. The lowest BCUT2D eigenvalue weighted by Crippen LogP contribution is -2.24. The van der Waals surface area contributed by atoms with Crippen LogP contribution in [0.25, 0.3) is 5.69 Å². The minimum atomic E-state index is -0.649. The van der Waals surface area contributed by atoms with E-state index in [0.29, 0.717) is 15.7 Å². The molecular formula is C14H7BrN4O3. The molecule has 1 aromatic carbocycles. The second kappa shape index (κ2) is 4.82. The smallest absolute Gasteiger partial charge is 0.262 e. The molecule has 1 aliphatic heterocycles. The Morgan fingerprint density at radius 1 is 1.18 bits per heavy atom. The number of nitriles is 1. The van der Waals surface area contributed by atoms with Gasteiger partial charge in [0.15, 0.2) is 0 Å².